The zero-order valence-electron chi connectivity index (χ0n) is 11.4. The molecule has 18 heavy (non-hydrogen) atoms. The van der Waals surface area contributed by atoms with Crippen LogP contribution in [0.15, 0.2) is 30.3 Å². The van der Waals surface area contributed by atoms with Gasteiger partial charge in [0.25, 0.3) is 0 Å². The van der Waals surface area contributed by atoms with Gasteiger partial charge in [0.1, 0.15) is 0 Å². The summed E-state index contributed by atoms with van der Waals surface area (Å²) >= 11 is 0. The molecule has 0 spiro atoms. The molecule has 0 saturated carbocycles. The van der Waals surface area contributed by atoms with Crippen LogP contribution in [-0.2, 0) is 10.3 Å². The Kier molecular flexibility index (Phi) is 5.86. The molecule has 1 atom stereocenters. The number of primary amides is 1. The molecule has 1 aromatic carbocycles. The van der Waals surface area contributed by atoms with Crippen LogP contribution in [0.1, 0.15) is 45.1 Å². The largest absolute Gasteiger partial charge is 0.370 e. The summed E-state index contributed by atoms with van der Waals surface area (Å²) in [5.74, 6) is -0.254. The lowest BCUT2D eigenvalue weighted by Crippen LogP contribution is -2.45. The van der Waals surface area contributed by atoms with E-state index < -0.39 is 0 Å². The average Bonchev–Trinajstić information content (AvgIpc) is 2.36. The Morgan fingerprint density at radius 3 is 2.39 bits per heavy atom. The van der Waals surface area contributed by atoms with E-state index in [1.165, 1.54) is 0 Å². The maximum atomic E-state index is 11.4. The predicted octanol–water partition coefficient (Wildman–Crippen LogP) is 2.56. The summed E-state index contributed by atoms with van der Waals surface area (Å²) < 4.78 is 0. The van der Waals surface area contributed by atoms with E-state index in [2.05, 4.69) is 31.3 Å². The van der Waals surface area contributed by atoms with Crippen molar-refractivity contribution < 1.29 is 4.79 Å². The Hall–Kier alpha value is -1.35. The van der Waals surface area contributed by atoms with Gasteiger partial charge in [-0.2, -0.15) is 0 Å². The van der Waals surface area contributed by atoms with E-state index in [9.17, 15) is 4.79 Å². The van der Waals surface area contributed by atoms with Gasteiger partial charge in [0.15, 0.2) is 0 Å². The van der Waals surface area contributed by atoms with E-state index in [1.54, 1.807) is 0 Å². The third kappa shape index (κ3) is 3.84. The van der Waals surface area contributed by atoms with Crippen molar-refractivity contribution in [3.8, 4) is 0 Å². The number of carbonyl (C=O) groups is 1. The number of hydrogen-bond acceptors (Lipinski definition) is 2. The second-order valence-electron chi connectivity index (χ2n) is 4.77. The van der Waals surface area contributed by atoms with Crippen LogP contribution in [0.25, 0.3) is 0 Å². The number of nitrogens with one attached hydrogen (secondary N) is 1. The van der Waals surface area contributed by atoms with Crippen LogP contribution in [0, 0.1) is 0 Å². The summed E-state index contributed by atoms with van der Waals surface area (Å²) in [7, 11) is 0. The molecule has 0 saturated heterocycles. The molecule has 0 aliphatic carbocycles. The minimum absolute atomic E-state index is 0.254. The predicted molar refractivity (Wildman–Crippen MR) is 75.1 cm³/mol. The third-order valence-corrected chi connectivity index (χ3v) is 3.19. The first-order valence-corrected chi connectivity index (χ1v) is 6.73. The zero-order valence-corrected chi connectivity index (χ0v) is 11.4. The Morgan fingerprint density at radius 2 is 1.89 bits per heavy atom. The quantitative estimate of drug-likeness (QED) is 0.743. The van der Waals surface area contributed by atoms with Gasteiger partial charge >= 0.3 is 0 Å². The molecule has 0 radical (unpaired) electrons. The van der Waals surface area contributed by atoms with Gasteiger partial charge in [-0.05, 0) is 24.9 Å². The van der Waals surface area contributed by atoms with Gasteiger partial charge in [0.05, 0.1) is 5.54 Å². The van der Waals surface area contributed by atoms with Gasteiger partial charge in [-0.1, -0.05) is 50.6 Å². The Balaban J connectivity index is 3.06. The van der Waals surface area contributed by atoms with Gasteiger partial charge in [0.2, 0.25) is 5.91 Å². The molecule has 3 nitrogen and oxygen atoms in total. The highest BCUT2D eigenvalue weighted by Crippen LogP contribution is 2.30. The van der Waals surface area contributed by atoms with Crippen molar-refractivity contribution in [2.24, 2.45) is 5.73 Å². The molecule has 100 valence electrons. The summed E-state index contributed by atoms with van der Waals surface area (Å²) in [6, 6.07) is 10.1. The first-order chi connectivity index (χ1) is 8.64. The van der Waals surface area contributed by atoms with E-state index in [1.807, 2.05) is 18.2 Å². The number of nitrogens with two attached hydrogens (primary N) is 1. The Labute approximate surface area is 110 Å². The fourth-order valence-electron chi connectivity index (χ4n) is 2.43. The van der Waals surface area contributed by atoms with Crippen molar-refractivity contribution in [1.82, 2.24) is 5.32 Å². The van der Waals surface area contributed by atoms with E-state index in [0.29, 0.717) is 6.42 Å². The lowest BCUT2D eigenvalue weighted by molar-refractivity contribution is -0.119. The van der Waals surface area contributed by atoms with E-state index in [4.69, 9.17) is 5.73 Å². The summed E-state index contributed by atoms with van der Waals surface area (Å²) in [6.07, 6.45) is 3.32. The van der Waals surface area contributed by atoms with Gasteiger partial charge in [-0.3, -0.25) is 4.79 Å². The van der Waals surface area contributed by atoms with E-state index in [-0.39, 0.29) is 11.4 Å². The van der Waals surface area contributed by atoms with Crippen molar-refractivity contribution in [3.63, 3.8) is 0 Å². The third-order valence-electron chi connectivity index (χ3n) is 3.19. The summed E-state index contributed by atoms with van der Waals surface area (Å²) in [5, 5.41) is 3.53. The van der Waals surface area contributed by atoms with Crippen LogP contribution in [-0.4, -0.2) is 12.5 Å². The average molecular weight is 248 g/mol. The molecule has 0 bridgehead atoms. The molecule has 1 amide bonds. The highest BCUT2D eigenvalue weighted by molar-refractivity contribution is 5.75. The van der Waals surface area contributed by atoms with Crippen LogP contribution in [0.2, 0.25) is 0 Å². The number of amides is 1. The topological polar surface area (TPSA) is 55.1 Å². The molecule has 0 aromatic heterocycles. The van der Waals surface area contributed by atoms with Crippen LogP contribution in [0.3, 0.4) is 0 Å². The van der Waals surface area contributed by atoms with E-state index >= 15 is 0 Å². The van der Waals surface area contributed by atoms with Crippen molar-refractivity contribution in [1.29, 1.82) is 0 Å². The summed E-state index contributed by atoms with van der Waals surface area (Å²) in [5.41, 5.74) is 6.28. The summed E-state index contributed by atoms with van der Waals surface area (Å²) in [4.78, 5) is 11.4. The van der Waals surface area contributed by atoms with Gasteiger partial charge < -0.3 is 11.1 Å². The van der Waals surface area contributed by atoms with Gasteiger partial charge in [-0.25, -0.2) is 0 Å². The minimum atomic E-state index is -0.308. The van der Waals surface area contributed by atoms with Crippen molar-refractivity contribution >= 4 is 5.91 Å². The first-order valence-electron chi connectivity index (χ1n) is 6.73. The fourth-order valence-corrected chi connectivity index (χ4v) is 2.43. The van der Waals surface area contributed by atoms with Crippen LogP contribution < -0.4 is 11.1 Å². The van der Waals surface area contributed by atoms with Gasteiger partial charge in [0, 0.05) is 6.42 Å². The van der Waals surface area contributed by atoms with Crippen molar-refractivity contribution in [3.05, 3.63) is 35.9 Å². The number of carbonyl (C=O) groups excluding carboxylic acids is 1. The maximum Gasteiger partial charge on any atom is 0.219 e. The molecule has 0 fully saturated rings. The Bertz CT molecular complexity index is 364. The SMILES string of the molecule is CCCNC(CCC)(CC(N)=O)c1ccccc1. The highest BCUT2D eigenvalue weighted by Gasteiger charge is 2.32. The van der Waals surface area contributed by atoms with Gasteiger partial charge in [-0.15, -0.1) is 0 Å². The monoisotopic (exact) mass is 248 g/mol. The second-order valence-corrected chi connectivity index (χ2v) is 4.77. The fraction of sp³-hybridized carbons (Fsp3) is 0.533. The molecule has 1 rings (SSSR count). The zero-order chi connectivity index (χ0) is 13.4. The number of hydrogen-bond donors (Lipinski definition) is 2. The van der Waals surface area contributed by atoms with E-state index in [0.717, 1.165) is 31.4 Å². The van der Waals surface area contributed by atoms with Crippen LogP contribution in [0.4, 0.5) is 0 Å². The van der Waals surface area contributed by atoms with Crippen molar-refractivity contribution in [2.75, 3.05) is 6.54 Å². The molecular formula is C15H24N2O. The number of rotatable bonds is 8. The van der Waals surface area contributed by atoms with Crippen molar-refractivity contribution in [2.45, 2.75) is 45.1 Å². The second kappa shape index (κ2) is 7.17. The normalized spacial score (nSPS) is 14.1. The molecule has 0 heterocycles. The minimum Gasteiger partial charge on any atom is -0.370 e. The standard InChI is InChI=1S/C15H24N2O/c1-3-10-15(12-14(16)18,17-11-4-2)13-8-6-5-7-9-13/h5-9,17H,3-4,10-12H2,1-2H3,(H2,16,18). The smallest absolute Gasteiger partial charge is 0.219 e. The number of benzene rings is 1. The highest BCUT2D eigenvalue weighted by atomic mass is 16.1. The molecule has 1 aromatic rings. The first kappa shape index (κ1) is 14.7. The Morgan fingerprint density at radius 1 is 1.22 bits per heavy atom. The summed E-state index contributed by atoms with van der Waals surface area (Å²) in [6.45, 7) is 5.15. The van der Waals surface area contributed by atoms with Crippen LogP contribution >= 0.6 is 0 Å². The lowest BCUT2D eigenvalue weighted by Gasteiger charge is -2.34. The molecule has 1 unspecified atom stereocenters. The molecule has 0 aliphatic rings. The molecule has 3 heteroatoms. The molecule has 0 aliphatic heterocycles. The molecule has 3 N–H and O–H groups in total. The lowest BCUT2D eigenvalue weighted by atomic mass is 9.82. The maximum absolute atomic E-state index is 11.4. The molecular weight excluding hydrogens is 224 g/mol. The van der Waals surface area contributed by atoms with Crippen LogP contribution in [0.5, 0.6) is 0 Å².